The number of aromatic nitrogens is 1. The average molecular weight is 368 g/mol. The van der Waals surface area contributed by atoms with E-state index in [0.29, 0.717) is 0 Å². The Morgan fingerprint density at radius 1 is 1.12 bits per heavy atom. The number of benzene rings is 1. The van der Waals surface area contributed by atoms with Crippen molar-refractivity contribution < 1.29 is 0 Å². The lowest BCUT2D eigenvalue weighted by Gasteiger charge is -2.38. The maximum Gasteiger partial charge on any atom is 0.174 e. The van der Waals surface area contributed by atoms with Crippen LogP contribution >= 0.6 is 23.6 Å². The van der Waals surface area contributed by atoms with E-state index in [1.165, 1.54) is 21.7 Å². The Balaban J connectivity index is 1.65. The summed E-state index contributed by atoms with van der Waals surface area (Å²) in [7, 11) is 0. The number of nitrogens with zero attached hydrogens (tertiary/aromatic N) is 2. The van der Waals surface area contributed by atoms with Gasteiger partial charge in [0.15, 0.2) is 5.11 Å². The molecule has 0 amide bonds. The van der Waals surface area contributed by atoms with E-state index in [1.54, 1.807) is 11.3 Å². The van der Waals surface area contributed by atoms with Crippen molar-refractivity contribution in [2.45, 2.75) is 26.4 Å². The van der Waals surface area contributed by atoms with Crippen molar-refractivity contribution in [3.8, 4) is 0 Å². The first-order chi connectivity index (χ1) is 12.1. The summed E-state index contributed by atoms with van der Waals surface area (Å²) >= 11 is 7.59. The first-order valence-corrected chi connectivity index (χ1v) is 9.75. The van der Waals surface area contributed by atoms with Crippen molar-refractivity contribution in [1.29, 1.82) is 0 Å². The molecule has 0 saturated heterocycles. The van der Waals surface area contributed by atoms with Gasteiger partial charge >= 0.3 is 0 Å². The van der Waals surface area contributed by atoms with Gasteiger partial charge in [0.1, 0.15) is 6.04 Å². The molecule has 4 rings (SSSR count). The van der Waals surface area contributed by atoms with Gasteiger partial charge in [0.05, 0.1) is 0 Å². The number of anilines is 1. The summed E-state index contributed by atoms with van der Waals surface area (Å²) in [5, 5.41) is 6.38. The SMILES string of the molecule is Cc1cc(C)cc(NC(=S)N2CCn3cccc3[C@H]2c2cccs2)c1. The molecule has 0 aliphatic carbocycles. The number of fused-ring (bicyclic) bond motifs is 1. The summed E-state index contributed by atoms with van der Waals surface area (Å²) in [6, 6.07) is 15.3. The molecule has 0 radical (unpaired) electrons. The largest absolute Gasteiger partial charge is 0.347 e. The van der Waals surface area contributed by atoms with E-state index < -0.39 is 0 Å². The molecule has 0 unspecified atom stereocenters. The summed E-state index contributed by atoms with van der Waals surface area (Å²) in [5.74, 6) is 0. The van der Waals surface area contributed by atoms with Gasteiger partial charge in [-0.15, -0.1) is 11.3 Å². The maximum absolute atomic E-state index is 5.81. The Morgan fingerprint density at radius 2 is 1.92 bits per heavy atom. The van der Waals surface area contributed by atoms with Gasteiger partial charge in [-0.2, -0.15) is 0 Å². The molecule has 3 aromatic rings. The number of thiophene rings is 1. The van der Waals surface area contributed by atoms with Gasteiger partial charge in [-0.05, 0) is 72.9 Å². The predicted molar refractivity (Wildman–Crippen MR) is 109 cm³/mol. The Kier molecular flexibility index (Phi) is 4.36. The molecular formula is C20H21N3S2. The van der Waals surface area contributed by atoms with Crippen molar-refractivity contribution in [2.75, 3.05) is 11.9 Å². The predicted octanol–water partition coefficient (Wildman–Crippen LogP) is 4.97. The molecule has 3 heterocycles. The van der Waals surface area contributed by atoms with Crippen LogP contribution in [0, 0.1) is 13.8 Å². The lowest BCUT2D eigenvalue weighted by molar-refractivity contribution is 0.297. The fourth-order valence-electron chi connectivity index (χ4n) is 3.59. The number of nitrogens with one attached hydrogen (secondary N) is 1. The second-order valence-corrected chi connectivity index (χ2v) is 7.91. The van der Waals surface area contributed by atoms with Gasteiger partial charge in [-0.3, -0.25) is 0 Å². The van der Waals surface area contributed by atoms with Crippen LogP contribution in [0.25, 0.3) is 0 Å². The van der Waals surface area contributed by atoms with Gasteiger partial charge in [0, 0.05) is 35.5 Å². The van der Waals surface area contributed by atoms with E-state index in [-0.39, 0.29) is 6.04 Å². The van der Waals surface area contributed by atoms with Crippen molar-refractivity contribution in [2.24, 2.45) is 0 Å². The van der Waals surface area contributed by atoms with E-state index >= 15 is 0 Å². The van der Waals surface area contributed by atoms with E-state index in [0.717, 1.165) is 23.9 Å². The molecule has 0 fully saturated rings. The smallest absolute Gasteiger partial charge is 0.174 e. The molecule has 5 heteroatoms. The van der Waals surface area contributed by atoms with E-state index in [2.05, 4.69) is 82.7 Å². The lowest BCUT2D eigenvalue weighted by Crippen LogP contribution is -2.44. The Bertz CT molecular complexity index is 875. The summed E-state index contributed by atoms with van der Waals surface area (Å²) < 4.78 is 2.33. The van der Waals surface area contributed by atoms with Crippen molar-refractivity contribution in [3.05, 3.63) is 75.7 Å². The molecule has 1 aromatic carbocycles. The van der Waals surface area contributed by atoms with Crippen molar-refractivity contribution in [3.63, 3.8) is 0 Å². The number of hydrogen-bond acceptors (Lipinski definition) is 2. The number of thiocarbonyl (C=S) groups is 1. The molecule has 25 heavy (non-hydrogen) atoms. The van der Waals surface area contributed by atoms with E-state index in [4.69, 9.17) is 12.2 Å². The molecule has 1 N–H and O–H groups in total. The second kappa shape index (κ2) is 6.65. The summed E-state index contributed by atoms with van der Waals surface area (Å²) in [4.78, 5) is 3.64. The standard InChI is InChI=1S/C20H21N3S2/c1-14-11-15(2)13-16(12-14)21-20(24)23-9-8-22-7-3-5-17(22)19(23)18-6-4-10-25-18/h3-7,10-13,19H,8-9H2,1-2H3,(H,21,24)/t19-/m0/s1. The van der Waals surface area contributed by atoms with Crippen LogP contribution in [0.5, 0.6) is 0 Å². The van der Waals surface area contributed by atoms with Gasteiger partial charge in [-0.25, -0.2) is 0 Å². The monoisotopic (exact) mass is 367 g/mol. The molecular weight excluding hydrogens is 346 g/mol. The molecule has 1 atom stereocenters. The second-order valence-electron chi connectivity index (χ2n) is 6.54. The summed E-state index contributed by atoms with van der Waals surface area (Å²) in [6.07, 6.45) is 2.16. The summed E-state index contributed by atoms with van der Waals surface area (Å²) in [5.41, 5.74) is 4.85. The zero-order chi connectivity index (χ0) is 17.4. The van der Waals surface area contributed by atoms with Crippen molar-refractivity contribution in [1.82, 2.24) is 9.47 Å². The van der Waals surface area contributed by atoms with Gasteiger partial charge in [0.2, 0.25) is 0 Å². The highest BCUT2D eigenvalue weighted by Gasteiger charge is 2.31. The molecule has 2 aromatic heterocycles. The van der Waals surface area contributed by atoms with Crippen LogP contribution in [0.3, 0.4) is 0 Å². The van der Waals surface area contributed by atoms with Crippen LogP contribution < -0.4 is 5.32 Å². The first kappa shape index (κ1) is 16.4. The zero-order valence-electron chi connectivity index (χ0n) is 14.4. The Labute approximate surface area is 157 Å². The average Bonchev–Trinajstić information content (AvgIpc) is 3.24. The highest BCUT2D eigenvalue weighted by Crippen LogP contribution is 2.35. The van der Waals surface area contributed by atoms with Crippen LogP contribution in [0.15, 0.2) is 54.0 Å². The molecule has 1 aliphatic heterocycles. The minimum absolute atomic E-state index is 0.176. The normalized spacial score (nSPS) is 16.6. The third-order valence-electron chi connectivity index (χ3n) is 4.58. The lowest BCUT2D eigenvalue weighted by atomic mass is 10.1. The summed E-state index contributed by atoms with van der Waals surface area (Å²) in [6.45, 7) is 6.09. The first-order valence-electron chi connectivity index (χ1n) is 8.46. The van der Waals surface area contributed by atoms with Crippen LogP contribution in [0.2, 0.25) is 0 Å². The molecule has 0 saturated carbocycles. The molecule has 0 spiro atoms. The molecule has 128 valence electrons. The highest BCUT2D eigenvalue weighted by molar-refractivity contribution is 7.80. The highest BCUT2D eigenvalue weighted by atomic mass is 32.1. The fraction of sp³-hybridized carbons (Fsp3) is 0.250. The van der Waals surface area contributed by atoms with Crippen LogP contribution in [-0.4, -0.2) is 21.1 Å². The minimum Gasteiger partial charge on any atom is -0.347 e. The van der Waals surface area contributed by atoms with E-state index in [9.17, 15) is 0 Å². The van der Waals surface area contributed by atoms with Crippen molar-refractivity contribution >= 4 is 34.4 Å². The number of aryl methyl sites for hydroxylation is 2. The topological polar surface area (TPSA) is 20.2 Å². The number of rotatable bonds is 2. The molecule has 3 nitrogen and oxygen atoms in total. The van der Waals surface area contributed by atoms with Crippen LogP contribution in [0.1, 0.15) is 27.7 Å². The number of hydrogen-bond donors (Lipinski definition) is 1. The van der Waals surface area contributed by atoms with Gasteiger partial charge in [0.25, 0.3) is 0 Å². The van der Waals surface area contributed by atoms with Crippen LogP contribution in [-0.2, 0) is 6.54 Å². The maximum atomic E-state index is 5.81. The van der Waals surface area contributed by atoms with Crippen LogP contribution in [0.4, 0.5) is 5.69 Å². The van der Waals surface area contributed by atoms with Gasteiger partial charge in [-0.1, -0.05) is 12.1 Å². The zero-order valence-corrected chi connectivity index (χ0v) is 16.0. The fourth-order valence-corrected chi connectivity index (χ4v) is 4.75. The van der Waals surface area contributed by atoms with Gasteiger partial charge < -0.3 is 14.8 Å². The van der Waals surface area contributed by atoms with E-state index in [1.807, 2.05) is 0 Å². The molecule has 1 aliphatic rings. The Morgan fingerprint density at radius 3 is 2.64 bits per heavy atom. The quantitative estimate of drug-likeness (QED) is 0.646. The third kappa shape index (κ3) is 3.22. The minimum atomic E-state index is 0.176. The molecule has 0 bridgehead atoms. The third-order valence-corrected chi connectivity index (χ3v) is 5.85. The Hall–Kier alpha value is -2.11.